The minimum atomic E-state index is -0.223. The van der Waals surface area contributed by atoms with E-state index < -0.39 is 0 Å². The fourth-order valence-corrected chi connectivity index (χ4v) is 3.40. The van der Waals surface area contributed by atoms with Crippen LogP contribution in [0.2, 0.25) is 0 Å². The van der Waals surface area contributed by atoms with Crippen molar-refractivity contribution in [2.45, 2.75) is 37.4 Å². The van der Waals surface area contributed by atoms with Crippen LogP contribution in [-0.4, -0.2) is 33.7 Å². The van der Waals surface area contributed by atoms with E-state index in [-0.39, 0.29) is 24.1 Å². The van der Waals surface area contributed by atoms with Crippen LogP contribution >= 0.6 is 11.8 Å². The molecule has 2 N–H and O–H groups in total. The molecule has 0 saturated heterocycles. The highest BCUT2D eigenvalue weighted by atomic mass is 32.2. The van der Waals surface area contributed by atoms with Gasteiger partial charge >= 0.3 is 0 Å². The van der Waals surface area contributed by atoms with E-state index in [4.69, 9.17) is 0 Å². The normalized spacial score (nSPS) is 13.5. The number of carbonyl (C=O) groups excluding carboxylic acids is 2. The van der Waals surface area contributed by atoms with E-state index in [0.717, 1.165) is 22.8 Å². The second-order valence-corrected chi connectivity index (χ2v) is 6.92. The van der Waals surface area contributed by atoms with Crippen molar-refractivity contribution in [3.63, 3.8) is 0 Å². The van der Waals surface area contributed by atoms with Gasteiger partial charge < -0.3 is 15.2 Å². The summed E-state index contributed by atoms with van der Waals surface area (Å²) in [4.78, 5) is 28.3. The van der Waals surface area contributed by atoms with Gasteiger partial charge in [0.15, 0.2) is 5.16 Å². The monoisotopic (exact) mass is 358 g/mol. The third kappa shape index (κ3) is 4.85. The molecule has 0 atom stereocenters. The molecule has 1 aliphatic carbocycles. The summed E-state index contributed by atoms with van der Waals surface area (Å²) in [6.45, 7) is 2.00. The summed E-state index contributed by atoms with van der Waals surface area (Å²) < 4.78 is 2.12. The fraction of sp³-hybridized carbons (Fsp3) is 0.389. The lowest BCUT2D eigenvalue weighted by molar-refractivity contribution is -0.122. The van der Waals surface area contributed by atoms with E-state index >= 15 is 0 Å². The number of aryl methyl sites for hydroxylation is 1. The first-order chi connectivity index (χ1) is 12.2. The van der Waals surface area contributed by atoms with Crippen LogP contribution in [0.5, 0.6) is 0 Å². The molecular weight excluding hydrogens is 336 g/mol. The van der Waals surface area contributed by atoms with Gasteiger partial charge in [-0.15, -0.1) is 0 Å². The summed E-state index contributed by atoms with van der Waals surface area (Å²) >= 11 is 1.40. The Labute approximate surface area is 151 Å². The number of thioether (sulfide) groups is 1. The van der Waals surface area contributed by atoms with Crippen LogP contribution in [0.3, 0.4) is 0 Å². The Hall–Kier alpha value is -2.28. The first kappa shape index (κ1) is 17.5. The topological polar surface area (TPSA) is 76.0 Å². The maximum atomic E-state index is 12.0. The van der Waals surface area contributed by atoms with Crippen LogP contribution in [0.4, 0.5) is 5.69 Å². The van der Waals surface area contributed by atoms with E-state index in [1.165, 1.54) is 24.6 Å². The SMILES string of the molecule is CCc1ccccc1NC(=O)CNC(=O)CSc1nccn1C1CC1. The number of carbonyl (C=O) groups is 2. The molecule has 7 heteroatoms. The van der Waals surface area contributed by atoms with Gasteiger partial charge in [0.05, 0.1) is 12.3 Å². The molecule has 0 aliphatic heterocycles. The van der Waals surface area contributed by atoms with Crippen molar-refractivity contribution in [1.29, 1.82) is 0 Å². The molecule has 0 unspecified atom stereocenters. The summed E-state index contributed by atoms with van der Waals surface area (Å²) in [7, 11) is 0. The lowest BCUT2D eigenvalue weighted by Gasteiger charge is -2.10. The highest BCUT2D eigenvalue weighted by molar-refractivity contribution is 7.99. The number of hydrogen-bond donors (Lipinski definition) is 2. The third-order valence-corrected chi connectivity index (χ3v) is 5.01. The van der Waals surface area contributed by atoms with Gasteiger partial charge in [-0.3, -0.25) is 9.59 Å². The van der Waals surface area contributed by atoms with Gasteiger partial charge in [-0.05, 0) is 30.9 Å². The summed E-state index contributed by atoms with van der Waals surface area (Å²) in [5.74, 6) is -0.143. The molecule has 25 heavy (non-hydrogen) atoms. The molecule has 3 rings (SSSR count). The quantitative estimate of drug-likeness (QED) is 0.711. The van der Waals surface area contributed by atoms with Gasteiger partial charge in [0.25, 0.3) is 0 Å². The largest absolute Gasteiger partial charge is 0.346 e. The Morgan fingerprint density at radius 3 is 2.84 bits per heavy atom. The van der Waals surface area contributed by atoms with E-state index in [0.29, 0.717) is 6.04 Å². The summed E-state index contributed by atoms with van der Waals surface area (Å²) in [5.41, 5.74) is 1.87. The standard InChI is InChI=1S/C18H22N4O2S/c1-2-13-5-3-4-6-15(13)21-16(23)11-20-17(24)12-25-18-19-9-10-22(18)14-7-8-14/h3-6,9-10,14H,2,7-8,11-12H2,1H3,(H,20,24)(H,21,23). The number of anilines is 1. The highest BCUT2D eigenvalue weighted by Crippen LogP contribution is 2.37. The molecule has 2 amide bonds. The molecular formula is C18H22N4O2S. The van der Waals surface area contributed by atoms with Crippen molar-refractivity contribution in [1.82, 2.24) is 14.9 Å². The van der Waals surface area contributed by atoms with Crippen molar-refractivity contribution in [3.8, 4) is 0 Å². The van der Waals surface area contributed by atoms with Gasteiger partial charge in [-0.1, -0.05) is 36.9 Å². The van der Waals surface area contributed by atoms with Gasteiger partial charge in [0.1, 0.15) is 0 Å². The fourth-order valence-electron chi connectivity index (χ4n) is 2.55. The second kappa shape index (κ2) is 8.20. The summed E-state index contributed by atoms with van der Waals surface area (Å²) in [6, 6.07) is 8.21. The van der Waals surface area contributed by atoms with Crippen molar-refractivity contribution >= 4 is 29.3 Å². The average molecular weight is 358 g/mol. The third-order valence-electron chi connectivity index (χ3n) is 4.02. The molecule has 6 nitrogen and oxygen atoms in total. The average Bonchev–Trinajstić information content (AvgIpc) is 3.36. The van der Waals surface area contributed by atoms with Crippen LogP contribution in [0.25, 0.3) is 0 Å². The molecule has 1 aromatic carbocycles. The Bertz CT molecular complexity index is 755. The number of hydrogen-bond acceptors (Lipinski definition) is 4. The lowest BCUT2D eigenvalue weighted by Crippen LogP contribution is -2.34. The Kier molecular flexibility index (Phi) is 5.75. The number of aromatic nitrogens is 2. The summed E-state index contributed by atoms with van der Waals surface area (Å²) in [5, 5.41) is 6.36. The Morgan fingerprint density at radius 1 is 1.28 bits per heavy atom. The number of nitrogens with one attached hydrogen (secondary N) is 2. The molecule has 1 aliphatic rings. The molecule has 1 fully saturated rings. The number of imidazole rings is 1. The second-order valence-electron chi connectivity index (χ2n) is 5.97. The zero-order valence-electron chi connectivity index (χ0n) is 14.2. The lowest BCUT2D eigenvalue weighted by atomic mass is 10.1. The van der Waals surface area contributed by atoms with Crippen molar-refractivity contribution in [2.24, 2.45) is 0 Å². The molecule has 1 aromatic heterocycles. The number of benzene rings is 1. The molecule has 0 radical (unpaired) electrons. The van der Waals surface area contributed by atoms with Crippen LogP contribution in [0.1, 0.15) is 31.4 Å². The van der Waals surface area contributed by atoms with Gasteiger partial charge in [0, 0.05) is 24.1 Å². The molecule has 2 aromatic rings. The maximum absolute atomic E-state index is 12.0. The van der Waals surface area contributed by atoms with Crippen LogP contribution in [-0.2, 0) is 16.0 Å². The maximum Gasteiger partial charge on any atom is 0.243 e. The number of para-hydroxylation sites is 1. The molecule has 1 heterocycles. The van der Waals surface area contributed by atoms with E-state index in [2.05, 4.69) is 20.2 Å². The van der Waals surface area contributed by atoms with Crippen molar-refractivity contribution in [2.75, 3.05) is 17.6 Å². The molecule has 1 saturated carbocycles. The van der Waals surface area contributed by atoms with E-state index in [1.54, 1.807) is 6.20 Å². The van der Waals surface area contributed by atoms with Crippen LogP contribution in [0.15, 0.2) is 41.8 Å². The molecule has 0 spiro atoms. The summed E-state index contributed by atoms with van der Waals surface area (Å²) in [6.07, 6.45) is 6.91. The predicted octanol–water partition coefficient (Wildman–Crippen LogP) is 2.63. The number of amides is 2. The van der Waals surface area contributed by atoms with Crippen LogP contribution < -0.4 is 10.6 Å². The molecule has 0 bridgehead atoms. The number of rotatable bonds is 8. The van der Waals surface area contributed by atoms with Crippen molar-refractivity contribution < 1.29 is 9.59 Å². The first-order valence-corrected chi connectivity index (χ1v) is 9.46. The van der Waals surface area contributed by atoms with Gasteiger partial charge in [-0.2, -0.15) is 0 Å². The molecule has 132 valence electrons. The predicted molar refractivity (Wildman–Crippen MR) is 98.7 cm³/mol. The van der Waals surface area contributed by atoms with Crippen LogP contribution in [0, 0.1) is 0 Å². The highest BCUT2D eigenvalue weighted by Gasteiger charge is 2.25. The zero-order chi connectivity index (χ0) is 17.6. The van der Waals surface area contributed by atoms with Gasteiger partial charge in [-0.25, -0.2) is 4.98 Å². The smallest absolute Gasteiger partial charge is 0.243 e. The Morgan fingerprint density at radius 2 is 2.08 bits per heavy atom. The number of nitrogens with zero attached hydrogens (tertiary/aromatic N) is 2. The Balaban J connectivity index is 1.42. The minimum absolute atomic E-state index is 0.0332. The van der Waals surface area contributed by atoms with E-state index in [1.807, 2.05) is 37.4 Å². The van der Waals surface area contributed by atoms with Gasteiger partial charge in [0.2, 0.25) is 11.8 Å². The minimum Gasteiger partial charge on any atom is -0.346 e. The van der Waals surface area contributed by atoms with Crippen molar-refractivity contribution in [3.05, 3.63) is 42.2 Å². The van der Waals surface area contributed by atoms with E-state index in [9.17, 15) is 9.59 Å². The first-order valence-electron chi connectivity index (χ1n) is 8.47. The zero-order valence-corrected chi connectivity index (χ0v) is 15.0.